The maximum Gasteiger partial charge on any atom is 0.154 e. The molecule has 0 heterocycles. The Morgan fingerprint density at radius 3 is 1.92 bits per heavy atom. The Morgan fingerprint density at radius 1 is 0.571 bits per heavy atom. The van der Waals surface area contributed by atoms with E-state index in [0.29, 0.717) is 17.8 Å². The minimum atomic E-state index is 0.114. The van der Waals surface area contributed by atoms with E-state index in [9.17, 15) is 0 Å². The molecular formula is C44H35N5. The number of rotatable bonds is 8. The van der Waals surface area contributed by atoms with Crippen molar-refractivity contribution in [2.45, 2.75) is 6.54 Å². The monoisotopic (exact) mass is 633 g/mol. The van der Waals surface area contributed by atoms with Gasteiger partial charge in [0.2, 0.25) is 0 Å². The van der Waals surface area contributed by atoms with Crippen LogP contribution in [0.15, 0.2) is 180 Å². The predicted molar refractivity (Wildman–Crippen MR) is 206 cm³/mol. The molecule has 0 radical (unpaired) electrons. The summed E-state index contributed by atoms with van der Waals surface area (Å²) in [4.78, 5) is 9.62. The first kappa shape index (κ1) is 31.0. The molecule has 0 unspecified atom stereocenters. The smallest absolute Gasteiger partial charge is 0.154 e. The molecule has 0 spiro atoms. The van der Waals surface area contributed by atoms with Gasteiger partial charge in [-0.3, -0.25) is 10.4 Å². The summed E-state index contributed by atoms with van der Waals surface area (Å²) in [5.74, 6) is 0.400. The van der Waals surface area contributed by atoms with Gasteiger partial charge in [0.25, 0.3) is 0 Å². The van der Waals surface area contributed by atoms with Crippen LogP contribution in [-0.4, -0.2) is 17.4 Å². The quantitative estimate of drug-likeness (QED) is 0.115. The van der Waals surface area contributed by atoms with Crippen molar-refractivity contribution in [1.29, 1.82) is 5.41 Å². The number of aliphatic imine (C=N–C) groups is 2. The molecule has 49 heavy (non-hydrogen) atoms. The van der Waals surface area contributed by atoms with E-state index in [4.69, 9.17) is 21.9 Å². The number of nitrogens with two attached hydrogens (primary N) is 2. The van der Waals surface area contributed by atoms with E-state index < -0.39 is 0 Å². The average molecular weight is 634 g/mol. The number of benzene rings is 7. The Balaban J connectivity index is 1.29. The van der Waals surface area contributed by atoms with Gasteiger partial charge in [-0.25, -0.2) is 4.99 Å². The van der Waals surface area contributed by atoms with Gasteiger partial charge in [0.15, 0.2) is 5.84 Å². The van der Waals surface area contributed by atoms with Crippen molar-refractivity contribution in [3.63, 3.8) is 0 Å². The summed E-state index contributed by atoms with van der Waals surface area (Å²) in [7, 11) is 0. The third-order valence-electron chi connectivity index (χ3n) is 8.60. The van der Waals surface area contributed by atoms with Crippen molar-refractivity contribution in [2.75, 3.05) is 0 Å². The number of nitrogens with zero attached hydrogens (tertiary/aromatic N) is 2. The summed E-state index contributed by atoms with van der Waals surface area (Å²) in [5.41, 5.74) is 21.1. The minimum absolute atomic E-state index is 0.114. The molecule has 0 saturated heterocycles. The lowest BCUT2D eigenvalue weighted by atomic mass is 9.91. The molecule has 0 aliphatic heterocycles. The van der Waals surface area contributed by atoms with Crippen molar-refractivity contribution in [3.8, 4) is 11.1 Å². The van der Waals surface area contributed by atoms with Gasteiger partial charge in [-0.1, -0.05) is 158 Å². The molecule has 0 aliphatic carbocycles. The zero-order valence-electron chi connectivity index (χ0n) is 26.9. The van der Waals surface area contributed by atoms with Crippen LogP contribution in [0.25, 0.3) is 38.4 Å². The molecule has 0 fully saturated rings. The van der Waals surface area contributed by atoms with E-state index in [2.05, 4.69) is 83.9 Å². The molecule has 0 bridgehead atoms. The molecule has 0 saturated carbocycles. The Kier molecular flexibility index (Phi) is 8.89. The third-order valence-corrected chi connectivity index (χ3v) is 8.60. The van der Waals surface area contributed by atoms with Gasteiger partial charge in [0.05, 0.1) is 12.3 Å². The number of fused-ring (bicyclic) bond motifs is 2. The van der Waals surface area contributed by atoms with Crippen LogP contribution in [-0.2, 0) is 6.54 Å². The van der Waals surface area contributed by atoms with Gasteiger partial charge in [-0.15, -0.1) is 0 Å². The fourth-order valence-corrected chi connectivity index (χ4v) is 6.04. The zero-order valence-corrected chi connectivity index (χ0v) is 26.9. The lowest BCUT2D eigenvalue weighted by molar-refractivity contribution is 1.07. The molecule has 0 aromatic heterocycles. The van der Waals surface area contributed by atoms with Crippen LogP contribution in [0.5, 0.6) is 0 Å². The molecule has 7 aromatic rings. The van der Waals surface area contributed by atoms with Crippen LogP contribution in [0, 0.1) is 5.41 Å². The van der Waals surface area contributed by atoms with Crippen LogP contribution in [0.1, 0.15) is 27.8 Å². The van der Waals surface area contributed by atoms with Crippen LogP contribution in [0.2, 0.25) is 0 Å². The number of hydrogen-bond acceptors (Lipinski definition) is 3. The van der Waals surface area contributed by atoms with Gasteiger partial charge >= 0.3 is 0 Å². The van der Waals surface area contributed by atoms with Crippen LogP contribution < -0.4 is 11.5 Å². The largest absolute Gasteiger partial charge is 0.398 e. The molecule has 0 atom stereocenters. The van der Waals surface area contributed by atoms with Crippen molar-refractivity contribution in [3.05, 3.63) is 198 Å². The average Bonchev–Trinajstić information content (AvgIpc) is 3.16. The van der Waals surface area contributed by atoms with Crippen molar-refractivity contribution < 1.29 is 0 Å². The second-order valence-electron chi connectivity index (χ2n) is 11.8. The number of hydrogen-bond donors (Lipinski definition) is 3. The molecule has 5 nitrogen and oxygen atoms in total. The fraction of sp³-hybridized carbons (Fsp3) is 0.0227. The lowest BCUT2D eigenvalue weighted by Gasteiger charge is -2.15. The SMILES string of the molecule is N=C(N=C(N)c1ccc2ccccc2c1-c1ccc(C(/C=C(\N)c2ccccc2)=NCc2ccc3ccccc3c2)cc1)c1ccccc1. The first-order chi connectivity index (χ1) is 24.0. The van der Waals surface area contributed by atoms with E-state index in [-0.39, 0.29) is 11.7 Å². The summed E-state index contributed by atoms with van der Waals surface area (Å²) in [6.07, 6.45) is 1.95. The Bertz CT molecular complexity index is 2370. The van der Waals surface area contributed by atoms with Gasteiger partial charge in [-0.05, 0) is 55.9 Å². The molecule has 7 aromatic carbocycles. The lowest BCUT2D eigenvalue weighted by Crippen LogP contribution is -2.17. The van der Waals surface area contributed by atoms with Crippen molar-refractivity contribution >= 4 is 44.6 Å². The Hall–Kier alpha value is -6.59. The van der Waals surface area contributed by atoms with Crippen LogP contribution in [0.3, 0.4) is 0 Å². The minimum Gasteiger partial charge on any atom is -0.398 e. The second-order valence-corrected chi connectivity index (χ2v) is 11.8. The number of allylic oxidation sites excluding steroid dienone is 1. The fourth-order valence-electron chi connectivity index (χ4n) is 6.04. The topological polar surface area (TPSA) is 101 Å². The highest BCUT2D eigenvalue weighted by molar-refractivity contribution is 6.16. The van der Waals surface area contributed by atoms with E-state index >= 15 is 0 Å². The van der Waals surface area contributed by atoms with Crippen molar-refractivity contribution in [1.82, 2.24) is 0 Å². The molecular weight excluding hydrogens is 599 g/mol. The predicted octanol–water partition coefficient (Wildman–Crippen LogP) is 9.38. The maximum atomic E-state index is 8.59. The molecule has 5 heteroatoms. The summed E-state index contributed by atoms with van der Waals surface area (Å²) in [6.45, 7) is 0.508. The Morgan fingerprint density at radius 2 is 1.18 bits per heavy atom. The molecule has 236 valence electrons. The molecule has 0 amide bonds. The van der Waals surface area contributed by atoms with E-state index in [0.717, 1.165) is 49.9 Å². The molecule has 0 aliphatic rings. The van der Waals surface area contributed by atoms with Gasteiger partial charge in [-0.2, -0.15) is 0 Å². The number of nitrogens with one attached hydrogen (secondary N) is 1. The normalized spacial score (nSPS) is 12.4. The second kappa shape index (κ2) is 14.0. The molecule has 7 rings (SSSR count). The first-order valence-corrected chi connectivity index (χ1v) is 16.2. The maximum absolute atomic E-state index is 8.59. The van der Waals surface area contributed by atoms with Crippen molar-refractivity contribution in [2.24, 2.45) is 21.5 Å². The molecule has 5 N–H and O–H groups in total. The highest BCUT2D eigenvalue weighted by Crippen LogP contribution is 2.33. The van der Waals surface area contributed by atoms with E-state index in [1.807, 2.05) is 91.0 Å². The summed E-state index contributed by atoms with van der Waals surface area (Å²) < 4.78 is 0. The highest BCUT2D eigenvalue weighted by Gasteiger charge is 2.15. The highest BCUT2D eigenvalue weighted by atomic mass is 14.9. The van der Waals surface area contributed by atoms with Gasteiger partial charge in [0, 0.05) is 22.4 Å². The van der Waals surface area contributed by atoms with E-state index in [1.54, 1.807) is 0 Å². The summed E-state index contributed by atoms with van der Waals surface area (Å²) in [6, 6.07) is 54.8. The number of amidine groups is 2. The van der Waals surface area contributed by atoms with Gasteiger partial charge in [0.1, 0.15) is 5.84 Å². The summed E-state index contributed by atoms with van der Waals surface area (Å²) >= 11 is 0. The zero-order chi connectivity index (χ0) is 33.6. The van der Waals surface area contributed by atoms with Gasteiger partial charge < -0.3 is 11.5 Å². The first-order valence-electron chi connectivity index (χ1n) is 16.2. The Labute approximate surface area is 286 Å². The summed E-state index contributed by atoms with van der Waals surface area (Å²) in [5, 5.41) is 13.1. The standard InChI is InChI=1S/C44H35N5/c45-40(33-13-3-1-4-14-33)28-41(48-29-30-19-20-31-11-7-8-17-37(31)27-30)34-21-23-35(24-22-34)42-38-18-10-9-12-32(38)25-26-39(42)44(47)49-43(46)36-15-5-2-6-16-36/h1-28H,29,45H2,(H3,46,47,49)/b40-28-,48-41?. The third kappa shape index (κ3) is 6.92. The van der Waals surface area contributed by atoms with Crippen LogP contribution >= 0.6 is 0 Å². The van der Waals surface area contributed by atoms with Crippen LogP contribution in [0.4, 0.5) is 0 Å². The van der Waals surface area contributed by atoms with E-state index in [1.165, 1.54) is 10.8 Å².